The van der Waals surface area contributed by atoms with Crippen molar-refractivity contribution in [1.29, 1.82) is 0 Å². The van der Waals surface area contributed by atoms with E-state index in [1.807, 2.05) is 48.5 Å². The molecular weight excluding hydrogens is 929 g/mol. The van der Waals surface area contributed by atoms with Gasteiger partial charge in [0.25, 0.3) is 0 Å². The molecule has 0 saturated heterocycles. The number of thioether (sulfide) groups is 4. The summed E-state index contributed by atoms with van der Waals surface area (Å²) in [7, 11) is 0. The molecule has 0 fully saturated rings. The van der Waals surface area contributed by atoms with Crippen LogP contribution in [0.25, 0.3) is 49.6 Å². The van der Waals surface area contributed by atoms with Gasteiger partial charge in [-0.05, 0) is 120 Å². The van der Waals surface area contributed by atoms with Crippen molar-refractivity contribution in [2.45, 2.75) is 27.7 Å². The standard InChI is InChI=1S/C56H44O8S4/c1-5-61-51(57)37-25-17-33(18-26-37)47-48(34-19-27-38(28-20-34)52(58)62-6-2)66-55(65-47)45-41-13-9-11-15-43(41)46(44-16-12-10-14-42(44)45)56-67-49(35-21-29-39(30-22-35)53(59)63-7-3)50(68-56)36-23-31-40(32-24-36)54(60)64-8-4/h9-32H,5-8H2,1-4H3. The highest BCUT2D eigenvalue weighted by Gasteiger charge is 2.29. The number of benzene rings is 7. The third-order valence-electron chi connectivity index (χ3n) is 11.2. The van der Waals surface area contributed by atoms with E-state index < -0.39 is 0 Å². The average Bonchev–Trinajstić information content (AvgIpc) is 4.02. The quantitative estimate of drug-likeness (QED) is 0.0661. The maximum atomic E-state index is 12.7. The molecule has 7 aromatic carbocycles. The summed E-state index contributed by atoms with van der Waals surface area (Å²) >= 11 is 6.79. The van der Waals surface area contributed by atoms with Crippen LogP contribution in [0.3, 0.4) is 0 Å². The van der Waals surface area contributed by atoms with Gasteiger partial charge in [0.05, 0.1) is 57.2 Å². The van der Waals surface area contributed by atoms with Crippen molar-refractivity contribution in [3.63, 3.8) is 0 Å². The van der Waals surface area contributed by atoms with Crippen molar-refractivity contribution in [2.24, 2.45) is 0 Å². The largest absolute Gasteiger partial charge is 0.462 e. The Labute approximate surface area is 410 Å². The first-order valence-corrected chi connectivity index (χ1v) is 25.5. The van der Waals surface area contributed by atoms with Crippen LogP contribution in [-0.2, 0) is 18.9 Å². The molecule has 0 aliphatic carbocycles. The SMILES string of the molecule is CCOC(=O)c1ccc(C2=C(c3ccc(C(=O)OCC)cc3)SC(=c3c4ccccc4c(=C4SC(c5ccc(C(=O)OCC)cc5)=C(c5ccc(C(=O)OCC)cc5)S4)c4ccccc34)S2)cc1. The molecule has 0 aromatic heterocycles. The highest BCUT2D eigenvalue weighted by atomic mass is 32.2. The van der Waals surface area contributed by atoms with Gasteiger partial charge in [0, 0.05) is 30.1 Å². The van der Waals surface area contributed by atoms with Gasteiger partial charge in [-0.3, -0.25) is 0 Å². The zero-order valence-corrected chi connectivity index (χ0v) is 40.8. The number of esters is 4. The molecular formula is C56H44O8S4. The maximum absolute atomic E-state index is 12.7. The molecule has 9 rings (SSSR count). The summed E-state index contributed by atoms with van der Waals surface area (Å²) in [6.45, 7) is 8.33. The molecule has 0 saturated carbocycles. The first-order valence-electron chi connectivity index (χ1n) is 22.2. The summed E-state index contributed by atoms with van der Waals surface area (Å²) < 4.78 is 23.4. The van der Waals surface area contributed by atoms with Gasteiger partial charge in [0.1, 0.15) is 0 Å². The van der Waals surface area contributed by atoms with Gasteiger partial charge in [-0.2, -0.15) is 0 Å². The molecule has 8 nitrogen and oxygen atoms in total. The zero-order chi connectivity index (χ0) is 47.3. The van der Waals surface area contributed by atoms with Crippen molar-refractivity contribution in [3.05, 3.63) is 201 Å². The van der Waals surface area contributed by atoms with Gasteiger partial charge < -0.3 is 18.9 Å². The van der Waals surface area contributed by atoms with Crippen LogP contribution in [-0.4, -0.2) is 50.3 Å². The number of ether oxygens (including phenoxy) is 4. The van der Waals surface area contributed by atoms with Crippen LogP contribution >= 0.6 is 47.0 Å². The van der Waals surface area contributed by atoms with Gasteiger partial charge in [-0.15, -0.1) is 0 Å². The van der Waals surface area contributed by atoms with Crippen LogP contribution in [0, 0.1) is 0 Å². The Hall–Kier alpha value is -6.44. The minimum Gasteiger partial charge on any atom is -0.462 e. The van der Waals surface area contributed by atoms with Crippen molar-refractivity contribution in [1.82, 2.24) is 0 Å². The van der Waals surface area contributed by atoms with Crippen molar-refractivity contribution >= 4 is 121 Å². The molecule has 12 heteroatoms. The fourth-order valence-electron chi connectivity index (χ4n) is 8.02. The average molecular weight is 973 g/mol. The highest BCUT2D eigenvalue weighted by Crippen LogP contribution is 2.60. The van der Waals surface area contributed by atoms with E-state index >= 15 is 0 Å². The van der Waals surface area contributed by atoms with E-state index in [0.717, 1.165) is 82.3 Å². The van der Waals surface area contributed by atoms with E-state index in [0.29, 0.717) is 22.3 Å². The summed E-state index contributed by atoms with van der Waals surface area (Å²) in [4.78, 5) is 54.8. The van der Waals surface area contributed by atoms with Crippen LogP contribution in [0.1, 0.15) is 91.4 Å². The van der Waals surface area contributed by atoms with Crippen LogP contribution in [0.15, 0.2) is 146 Å². The normalized spacial score (nSPS) is 13.6. The lowest BCUT2D eigenvalue weighted by Crippen LogP contribution is -2.16. The lowest BCUT2D eigenvalue weighted by Gasteiger charge is -2.12. The Morgan fingerprint density at radius 1 is 0.324 bits per heavy atom. The van der Waals surface area contributed by atoms with Crippen LogP contribution in [0.2, 0.25) is 0 Å². The molecule has 0 spiro atoms. The Morgan fingerprint density at radius 3 is 0.721 bits per heavy atom. The second-order valence-electron chi connectivity index (χ2n) is 15.3. The number of carbonyl (C=O) groups is 4. The Balaban J connectivity index is 1.22. The van der Waals surface area contributed by atoms with Gasteiger partial charge in [0.15, 0.2) is 0 Å². The molecule has 2 aliphatic rings. The topological polar surface area (TPSA) is 105 Å². The monoisotopic (exact) mass is 972 g/mol. The second-order valence-corrected chi connectivity index (χ2v) is 19.9. The molecule has 0 radical (unpaired) electrons. The predicted octanol–water partition coefficient (Wildman–Crippen LogP) is 12.8. The van der Waals surface area contributed by atoms with E-state index in [2.05, 4.69) is 48.5 Å². The number of fused-ring (bicyclic) bond motifs is 2. The summed E-state index contributed by atoms with van der Waals surface area (Å²) in [5.41, 5.74) is 5.72. The van der Waals surface area contributed by atoms with Crippen LogP contribution in [0.5, 0.6) is 0 Å². The van der Waals surface area contributed by atoms with Crippen molar-refractivity contribution in [2.75, 3.05) is 26.4 Å². The highest BCUT2D eigenvalue weighted by molar-refractivity contribution is 8.41. The molecule has 0 bridgehead atoms. The van der Waals surface area contributed by atoms with Gasteiger partial charge in [-0.25, -0.2) is 19.2 Å². The molecule has 2 aliphatic heterocycles. The van der Waals surface area contributed by atoms with Gasteiger partial charge in [-0.1, -0.05) is 144 Å². The predicted molar refractivity (Wildman–Crippen MR) is 281 cm³/mol. The van der Waals surface area contributed by atoms with E-state index in [1.54, 1.807) is 123 Å². The van der Waals surface area contributed by atoms with Gasteiger partial charge in [0.2, 0.25) is 0 Å². The van der Waals surface area contributed by atoms with E-state index in [9.17, 15) is 19.2 Å². The summed E-state index contributed by atoms with van der Waals surface area (Å²) in [5, 5.41) is 6.59. The van der Waals surface area contributed by atoms with Crippen LogP contribution in [0.4, 0.5) is 0 Å². The number of rotatable bonds is 12. The summed E-state index contributed by atoms with van der Waals surface area (Å²) in [6.07, 6.45) is 0. The minimum atomic E-state index is -0.369. The van der Waals surface area contributed by atoms with Gasteiger partial charge >= 0.3 is 23.9 Å². The Kier molecular flexibility index (Phi) is 14.3. The lowest BCUT2D eigenvalue weighted by molar-refractivity contribution is 0.0516. The Bertz CT molecular complexity index is 2880. The smallest absolute Gasteiger partial charge is 0.338 e. The van der Waals surface area contributed by atoms with E-state index in [-0.39, 0.29) is 50.3 Å². The molecule has 7 aromatic rings. The van der Waals surface area contributed by atoms with E-state index in [1.165, 1.54) is 0 Å². The lowest BCUT2D eigenvalue weighted by atomic mass is 9.99. The fourth-order valence-corrected chi connectivity index (χ4v) is 13.7. The molecule has 68 heavy (non-hydrogen) atoms. The van der Waals surface area contributed by atoms with E-state index in [4.69, 9.17) is 18.9 Å². The molecule has 0 amide bonds. The summed E-state index contributed by atoms with van der Waals surface area (Å²) in [5.74, 6) is -1.48. The summed E-state index contributed by atoms with van der Waals surface area (Å²) in [6, 6.07) is 47.2. The molecule has 0 unspecified atom stereocenters. The molecule has 0 atom stereocenters. The third kappa shape index (κ3) is 9.38. The number of hydrogen-bond donors (Lipinski definition) is 0. The first kappa shape index (κ1) is 46.7. The molecule has 340 valence electrons. The fraction of sp³-hybridized carbons (Fsp3) is 0.143. The molecule has 2 heterocycles. The van der Waals surface area contributed by atoms with Crippen molar-refractivity contribution < 1.29 is 38.1 Å². The minimum absolute atomic E-state index is 0.289. The zero-order valence-electron chi connectivity index (χ0n) is 37.6. The number of carbonyl (C=O) groups excluding carboxylic acids is 4. The third-order valence-corrected chi connectivity index (χ3v) is 16.6. The number of hydrogen-bond acceptors (Lipinski definition) is 12. The maximum Gasteiger partial charge on any atom is 0.338 e. The first-order chi connectivity index (χ1) is 33.2. The van der Waals surface area contributed by atoms with Crippen LogP contribution < -0.4 is 10.4 Å². The molecule has 0 N–H and O–H groups in total. The Morgan fingerprint density at radius 2 is 0.529 bits per heavy atom. The second kappa shape index (κ2) is 20.8. The van der Waals surface area contributed by atoms with Crippen molar-refractivity contribution in [3.8, 4) is 0 Å².